The van der Waals surface area contributed by atoms with Gasteiger partial charge in [-0.25, -0.2) is 4.79 Å². The van der Waals surface area contributed by atoms with Crippen molar-refractivity contribution in [2.45, 2.75) is 30.2 Å². The van der Waals surface area contributed by atoms with Gasteiger partial charge < -0.3 is 35.1 Å². The Balaban J connectivity index is 0.980. The average molecular weight is 643 g/mol. The molecule has 5 rings (SSSR count). The zero-order chi connectivity index (χ0) is 32.7. The van der Waals surface area contributed by atoms with Gasteiger partial charge in [0.1, 0.15) is 25.0 Å². The van der Waals surface area contributed by atoms with Crippen LogP contribution in [-0.2, 0) is 31.1 Å². The van der Waals surface area contributed by atoms with Crippen LogP contribution in [0.5, 0.6) is 5.75 Å². The molecule has 1 aliphatic carbocycles. The highest BCUT2D eigenvalue weighted by molar-refractivity contribution is 5.79. The Morgan fingerprint density at radius 3 is 2.13 bits per heavy atom. The molecule has 0 saturated heterocycles. The fourth-order valence-corrected chi connectivity index (χ4v) is 5.25. The zero-order valence-corrected chi connectivity index (χ0v) is 24.7. The highest BCUT2D eigenvalue weighted by atomic mass is 19.4. The lowest BCUT2D eigenvalue weighted by Gasteiger charge is -2.19. The van der Waals surface area contributed by atoms with E-state index < -0.39 is 29.9 Å². The van der Waals surface area contributed by atoms with Crippen molar-refractivity contribution in [3.05, 3.63) is 89.0 Å². The Morgan fingerprint density at radius 1 is 0.913 bits per heavy atom. The number of hydrogen-bond acceptors (Lipinski definition) is 9. The predicted octanol–water partition coefficient (Wildman–Crippen LogP) is 4.77. The number of alkyl halides is 3. The number of carbonyl (C=O) groups excluding carboxylic acids is 1. The number of rotatable bonds is 16. The van der Waals surface area contributed by atoms with E-state index in [0.29, 0.717) is 5.56 Å². The number of alkyl carbamates (subject to hydrolysis) is 1. The van der Waals surface area contributed by atoms with Crippen LogP contribution in [0.3, 0.4) is 0 Å². The second-order valence-corrected chi connectivity index (χ2v) is 10.7. The molecule has 3 aromatic carbocycles. The van der Waals surface area contributed by atoms with E-state index in [2.05, 4.69) is 27.7 Å². The highest BCUT2D eigenvalue weighted by Gasteiger charge is 2.65. The minimum atomic E-state index is -4.72. The molecule has 2 aliphatic rings. The monoisotopic (exact) mass is 642 g/mol. The Morgan fingerprint density at radius 2 is 1.52 bits per heavy atom. The molecule has 1 aliphatic heterocycles. The van der Waals surface area contributed by atoms with Crippen molar-refractivity contribution >= 4 is 12.1 Å². The van der Waals surface area contributed by atoms with Gasteiger partial charge in [-0.2, -0.15) is 13.2 Å². The molecule has 1 atom stereocenters. The summed E-state index contributed by atoms with van der Waals surface area (Å²) in [5.74, 6) is -1.26. The van der Waals surface area contributed by atoms with E-state index in [-0.39, 0.29) is 69.8 Å². The van der Waals surface area contributed by atoms with Gasteiger partial charge in [0.05, 0.1) is 26.4 Å². The molecule has 0 radical (unpaired) electrons. The Bertz CT molecular complexity index is 1530. The third-order valence-corrected chi connectivity index (χ3v) is 7.64. The molecular formula is C32H33F3N4O7. The van der Waals surface area contributed by atoms with Crippen LogP contribution in [0, 0.1) is 0 Å². The Labute approximate surface area is 262 Å². The van der Waals surface area contributed by atoms with Crippen molar-refractivity contribution < 1.29 is 46.8 Å². The molecular weight excluding hydrogens is 609 g/mol. The fraction of sp³-hybridized carbons (Fsp3) is 0.375. The van der Waals surface area contributed by atoms with Gasteiger partial charge in [-0.15, -0.1) is 10.2 Å². The van der Waals surface area contributed by atoms with E-state index in [1.54, 1.807) is 0 Å². The summed E-state index contributed by atoms with van der Waals surface area (Å²) in [5.41, 5.74) is 7.59. The number of nitrogens with one attached hydrogen (secondary N) is 1. The van der Waals surface area contributed by atoms with Crippen molar-refractivity contribution in [3.63, 3.8) is 0 Å². The van der Waals surface area contributed by atoms with Gasteiger partial charge in [0.15, 0.2) is 0 Å². The topological polar surface area (TPSA) is 154 Å². The smallest absolute Gasteiger partial charge is 0.442 e. The molecule has 0 saturated carbocycles. The van der Waals surface area contributed by atoms with Crippen LogP contribution in [0.1, 0.15) is 28.2 Å². The van der Waals surface area contributed by atoms with Gasteiger partial charge in [-0.05, 0) is 33.9 Å². The number of carboxylic acids is 1. The minimum absolute atomic E-state index is 0.0323. The van der Waals surface area contributed by atoms with Crippen molar-refractivity contribution in [1.29, 1.82) is 0 Å². The van der Waals surface area contributed by atoms with E-state index in [9.17, 15) is 22.8 Å². The lowest BCUT2D eigenvalue weighted by atomic mass is 9.97. The molecule has 0 unspecified atom stereocenters. The fourth-order valence-electron chi connectivity index (χ4n) is 5.25. The molecule has 0 aromatic heterocycles. The maximum absolute atomic E-state index is 13.5. The first-order valence-electron chi connectivity index (χ1n) is 14.6. The molecule has 1 heterocycles. The van der Waals surface area contributed by atoms with E-state index in [0.717, 1.165) is 28.3 Å². The first-order valence-corrected chi connectivity index (χ1v) is 14.6. The molecule has 4 N–H and O–H groups in total. The summed E-state index contributed by atoms with van der Waals surface area (Å²) >= 11 is 0. The van der Waals surface area contributed by atoms with E-state index >= 15 is 0 Å². The zero-order valence-electron chi connectivity index (χ0n) is 24.7. The summed E-state index contributed by atoms with van der Waals surface area (Å²) in [6.45, 7) is 1.13. The Hall–Kier alpha value is -4.53. The lowest BCUT2D eigenvalue weighted by molar-refractivity contribution is -0.166. The molecule has 11 nitrogen and oxygen atoms in total. The highest BCUT2D eigenvalue weighted by Crippen LogP contribution is 2.53. The predicted molar refractivity (Wildman–Crippen MR) is 159 cm³/mol. The molecule has 14 heteroatoms. The molecule has 46 heavy (non-hydrogen) atoms. The standard InChI is InChI=1S/C32H33F3N4O7/c33-32(34,35)31(38-39-31)21-10-9-20(17-27(36)29(40)41)28(18-21)45-16-15-44-14-13-43-12-11-37-30(42)46-19-26-24-7-3-1-5-22(24)23-6-2-4-8-25(23)26/h1-10,18,26-27H,11-17,19,36H2,(H,37,42)(H,40,41)/t27-/m0/s1. The summed E-state index contributed by atoms with van der Waals surface area (Å²) < 4.78 is 62.5. The van der Waals surface area contributed by atoms with Crippen molar-refractivity contribution in [1.82, 2.24) is 5.32 Å². The van der Waals surface area contributed by atoms with Crippen LogP contribution in [0.15, 0.2) is 77.0 Å². The van der Waals surface area contributed by atoms with E-state index in [1.165, 1.54) is 12.1 Å². The van der Waals surface area contributed by atoms with Crippen molar-refractivity contribution in [2.24, 2.45) is 16.0 Å². The molecule has 0 fully saturated rings. The van der Waals surface area contributed by atoms with Gasteiger partial charge in [0.2, 0.25) is 0 Å². The number of carboxylic acid groups (broad SMARTS) is 1. The minimum Gasteiger partial charge on any atom is -0.491 e. The van der Waals surface area contributed by atoms with Gasteiger partial charge in [0.25, 0.3) is 0 Å². The summed E-state index contributed by atoms with van der Waals surface area (Å²) in [7, 11) is 0. The number of nitrogens with two attached hydrogens (primary N) is 1. The van der Waals surface area contributed by atoms with Crippen LogP contribution in [-0.4, -0.2) is 75.6 Å². The normalized spacial score (nSPS) is 15.1. The van der Waals surface area contributed by atoms with Crippen LogP contribution in [0.4, 0.5) is 18.0 Å². The number of nitrogens with zero attached hydrogens (tertiary/aromatic N) is 2. The van der Waals surface area contributed by atoms with Crippen LogP contribution < -0.4 is 15.8 Å². The third-order valence-electron chi connectivity index (χ3n) is 7.64. The second-order valence-electron chi connectivity index (χ2n) is 10.7. The molecule has 1 amide bonds. The average Bonchev–Trinajstić information content (AvgIpc) is 3.80. The molecule has 0 spiro atoms. The third kappa shape index (κ3) is 7.46. The summed E-state index contributed by atoms with van der Waals surface area (Å²) in [6.07, 6.45) is -5.43. The SMILES string of the molecule is N[C@@H](Cc1ccc(C2(C(F)(F)F)N=N2)cc1OCCOCCOCCNC(=O)OCC1c2ccccc2-c2ccccc21)C(=O)O. The van der Waals surface area contributed by atoms with Crippen LogP contribution >= 0.6 is 0 Å². The largest absolute Gasteiger partial charge is 0.491 e. The van der Waals surface area contributed by atoms with Crippen molar-refractivity contribution in [2.75, 3.05) is 46.2 Å². The first-order chi connectivity index (χ1) is 22.1. The van der Waals surface area contributed by atoms with Gasteiger partial charge in [-0.1, -0.05) is 60.7 Å². The number of hydrogen-bond donors (Lipinski definition) is 3. The number of benzene rings is 3. The van der Waals surface area contributed by atoms with Crippen molar-refractivity contribution in [3.8, 4) is 16.9 Å². The maximum Gasteiger partial charge on any atom is 0.442 e. The van der Waals surface area contributed by atoms with Gasteiger partial charge in [0, 0.05) is 24.4 Å². The second kappa shape index (κ2) is 14.3. The number of fused-ring (bicyclic) bond motifs is 3. The summed E-state index contributed by atoms with van der Waals surface area (Å²) in [5, 5.41) is 18.2. The number of carbonyl (C=O) groups is 2. The van der Waals surface area contributed by atoms with Crippen LogP contribution in [0.2, 0.25) is 0 Å². The molecule has 0 bridgehead atoms. The summed E-state index contributed by atoms with van der Waals surface area (Å²) in [4.78, 5) is 23.5. The van der Waals surface area contributed by atoms with Gasteiger partial charge >= 0.3 is 23.9 Å². The number of aliphatic carboxylic acids is 1. The number of amides is 1. The van der Waals surface area contributed by atoms with E-state index in [1.807, 2.05) is 36.4 Å². The number of halogens is 3. The molecule has 3 aromatic rings. The first kappa shape index (κ1) is 32.9. The molecule has 244 valence electrons. The Kier molecular flexibility index (Phi) is 10.2. The quantitative estimate of drug-likeness (QED) is 0.189. The number of ether oxygens (including phenoxy) is 4. The van der Waals surface area contributed by atoms with E-state index in [4.69, 9.17) is 29.8 Å². The maximum atomic E-state index is 13.5. The van der Waals surface area contributed by atoms with Gasteiger partial charge in [-0.3, -0.25) is 4.79 Å². The lowest BCUT2D eigenvalue weighted by Crippen LogP contribution is -2.33. The van der Waals surface area contributed by atoms with Crippen LogP contribution in [0.25, 0.3) is 11.1 Å². The summed E-state index contributed by atoms with van der Waals surface area (Å²) in [6, 6.07) is 18.5.